The van der Waals surface area contributed by atoms with Gasteiger partial charge in [-0.2, -0.15) is 5.26 Å². The molecular formula is C22H23N3O2. The van der Waals surface area contributed by atoms with Crippen molar-refractivity contribution in [1.82, 2.24) is 0 Å². The summed E-state index contributed by atoms with van der Waals surface area (Å²) in [6.45, 7) is 7.44. The SMILES string of the molecule is CCN(CC)c1ccc(/C=C(/C#N)C(=O)Nc2ccccc2C(C)=O)cc1. The van der Waals surface area contributed by atoms with Crippen LogP contribution in [-0.4, -0.2) is 24.8 Å². The number of hydrogen-bond acceptors (Lipinski definition) is 4. The van der Waals surface area contributed by atoms with Crippen LogP contribution in [0.25, 0.3) is 6.08 Å². The Hall–Kier alpha value is -3.39. The molecule has 0 aromatic heterocycles. The molecule has 0 aliphatic carbocycles. The number of anilines is 2. The molecular weight excluding hydrogens is 338 g/mol. The third-order valence-electron chi connectivity index (χ3n) is 4.25. The van der Waals surface area contributed by atoms with Crippen LogP contribution in [-0.2, 0) is 4.79 Å². The largest absolute Gasteiger partial charge is 0.372 e. The van der Waals surface area contributed by atoms with Gasteiger partial charge in [0.25, 0.3) is 5.91 Å². The summed E-state index contributed by atoms with van der Waals surface area (Å²) in [5.41, 5.74) is 2.64. The molecule has 0 unspecified atom stereocenters. The highest BCUT2D eigenvalue weighted by atomic mass is 16.2. The van der Waals surface area contributed by atoms with Crippen LogP contribution >= 0.6 is 0 Å². The van der Waals surface area contributed by atoms with Gasteiger partial charge in [-0.15, -0.1) is 0 Å². The fourth-order valence-electron chi connectivity index (χ4n) is 2.77. The molecule has 2 aromatic rings. The van der Waals surface area contributed by atoms with Crippen LogP contribution in [0.1, 0.15) is 36.7 Å². The number of para-hydroxylation sites is 1. The van der Waals surface area contributed by atoms with Crippen LogP contribution in [0.4, 0.5) is 11.4 Å². The van der Waals surface area contributed by atoms with Gasteiger partial charge < -0.3 is 10.2 Å². The molecule has 2 aromatic carbocycles. The van der Waals surface area contributed by atoms with E-state index in [9.17, 15) is 14.9 Å². The maximum absolute atomic E-state index is 12.5. The van der Waals surface area contributed by atoms with E-state index in [1.54, 1.807) is 24.3 Å². The number of nitrogens with zero attached hydrogens (tertiary/aromatic N) is 2. The van der Waals surface area contributed by atoms with Crippen molar-refractivity contribution in [3.8, 4) is 6.07 Å². The zero-order valence-corrected chi connectivity index (χ0v) is 15.8. The van der Waals surface area contributed by atoms with E-state index in [0.717, 1.165) is 24.3 Å². The first-order valence-corrected chi connectivity index (χ1v) is 8.88. The lowest BCUT2D eigenvalue weighted by molar-refractivity contribution is -0.112. The van der Waals surface area contributed by atoms with E-state index >= 15 is 0 Å². The normalized spacial score (nSPS) is 10.8. The minimum Gasteiger partial charge on any atom is -0.372 e. The maximum Gasteiger partial charge on any atom is 0.266 e. The Labute approximate surface area is 159 Å². The van der Waals surface area contributed by atoms with Crippen molar-refractivity contribution >= 4 is 29.1 Å². The van der Waals surface area contributed by atoms with Crippen molar-refractivity contribution < 1.29 is 9.59 Å². The molecule has 5 heteroatoms. The van der Waals surface area contributed by atoms with Gasteiger partial charge in [0.15, 0.2) is 5.78 Å². The number of Topliss-reactive ketones (excluding diaryl/α,β-unsaturated/α-hetero) is 1. The van der Waals surface area contributed by atoms with E-state index in [4.69, 9.17) is 0 Å². The number of carbonyl (C=O) groups excluding carboxylic acids is 2. The van der Waals surface area contributed by atoms with Crippen LogP contribution in [0.15, 0.2) is 54.1 Å². The van der Waals surface area contributed by atoms with Gasteiger partial charge in [0.05, 0.1) is 5.69 Å². The Morgan fingerprint density at radius 1 is 1.07 bits per heavy atom. The lowest BCUT2D eigenvalue weighted by Gasteiger charge is -2.20. The molecule has 0 radical (unpaired) electrons. The second-order valence-corrected chi connectivity index (χ2v) is 5.99. The van der Waals surface area contributed by atoms with Crippen molar-refractivity contribution in [2.75, 3.05) is 23.3 Å². The van der Waals surface area contributed by atoms with Gasteiger partial charge in [0.2, 0.25) is 0 Å². The fraction of sp³-hybridized carbons (Fsp3) is 0.227. The van der Waals surface area contributed by atoms with Gasteiger partial charge in [-0.25, -0.2) is 0 Å². The zero-order valence-electron chi connectivity index (χ0n) is 15.8. The summed E-state index contributed by atoms with van der Waals surface area (Å²) in [4.78, 5) is 26.4. The Morgan fingerprint density at radius 2 is 1.70 bits per heavy atom. The Kier molecular flexibility index (Phi) is 6.90. The summed E-state index contributed by atoms with van der Waals surface area (Å²) in [6.07, 6.45) is 1.54. The first-order valence-electron chi connectivity index (χ1n) is 8.88. The minimum absolute atomic E-state index is 0.0241. The van der Waals surface area contributed by atoms with Crippen molar-refractivity contribution in [2.24, 2.45) is 0 Å². The van der Waals surface area contributed by atoms with Crippen LogP contribution in [0, 0.1) is 11.3 Å². The Balaban J connectivity index is 2.22. The van der Waals surface area contributed by atoms with Crippen molar-refractivity contribution in [1.29, 1.82) is 5.26 Å². The van der Waals surface area contributed by atoms with E-state index in [1.165, 1.54) is 13.0 Å². The predicted octanol–water partition coefficient (Wildman–Crippen LogP) is 4.28. The molecule has 0 aliphatic rings. The molecule has 0 heterocycles. The molecule has 1 N–H and O–H groups in total. The Morgan fingerprint density at radius 3 is 2.26 bits per heavy atom. The molecule has 5 nitrogen and oxygen atoms in total. The molecule has 0 fully saturated rings. The number of carbonyl (C=O) groups is 2. The second-order valence-electron chi connectivity index (χ2n) is 5.99. The molecule has 0 spiro atoms. The number of benzene rings is 2. The third kappa shape index (κ3) is 5.05. The lowest BCUT2D eigenvalue weighted by Crippen LogP contribution is -2.21. The van der Waals surface area contributed by atoms with Crippen molar-refractivity contribution in [2.45, 2.75) is 20.8 Å². The molecule has 0 atom stereocenters. The van der Waals surface area contributed by atoms with E-state index < -0.39 is 5.91 Å². The fourth-order valence-corrected chi connectivity index (χ4v) is 2.77. The van der Waals surface area contributed by atoms with Gasteiger partial charge in [-0.3, -0.25) is 9.59 Å². The van der Waals surface area contributed by atoms with E-state index in [0.29, 0.717) is 11.3 Å². The van der Waals surface area contributed by atoms with Gasteiger partial charge in [-0.1, -0.05) is 24.3 Å². The van der Waals surface area contributed by atoms with Gasteiger partial charge in [-0.05, 0) is 56.7 Å². The van der Waals surface area contributed by atoms with Crippen molar-refractivity contribution in [3.05, 3.63) is 65.2 Å². The topological polar surface area (TPSA) is 73.2 Å². The summed E-state index contributed by atoms with van der Waals surface area (Å²) in [5.74, 6) is -0.695. The molecule has 138 valence electrons. The first-order chi connectivity index (χ1) is 13.0. The standard InChI is InChI=1S/C22H23N3O2/c1-4-25(5-2)19-12-10-17(11-13-19)14-18(15-23)22(27)24-21-9-7-6-8-20(21)16(3)26/h6-14H,4-5H2,1-3H3,(H,24,27)/b18-14-. The van der Waals surface area contributed by atoms with Gasteiger partial charge in [0.1, 0.15) is 11.6 Å². The van der Waals surface area contributed by atoms with Crippen LogP contribution in [0.5, 0.6) is 0 Å². The molecule has 27 heavy (non-hydrogen) atoms. The highest BCUT2D eigenvalue weighted by Crippen LogP contribution is 2.19. The summed E-state index contributed by atoms with van der Waals surface area (Å²) in [5, 5.41) is 12.0. The molecule has 0 saturated carbocycles. The number of nitriles is 1. The summed E-state index contributed by atoms with van der Waals surface area (Å²) >= 11 is 0. The number of rotatable bonds is 7. The van der Waals surface area contributed by atoms with Crippen LogP contribution in [0.2, 0.25) is 0 Å². The average molecular weight is 361 g/mol. The zero-order chi connectivity index (χ0) is 19.8. The number of amides is 1. The number of nitrogens with one attached hydrogen (secondary N) is 1. The number of hydrogen-bond donors (Lipinski definition) is 1. The molecule has 0 bridgehead atoms. The molecule has 2 rings (SSSR count). The van der Waals surface area contributed by atoms with Gasteiger partial charge >= 0.3 is 0 Å². The van der Waals surface area contributed by atoms with Gasteiger partial charge in [0, 0.05) is 24.3 Å². The molecule has 1 amide bonds. The van der Waals surface area contributed by atoms with E-state index in [1.807, 2.05) is 30.3 Å². The van der Waals surface area contributed by atoms with Crippen LogP contribution in [0.3, 0.4) is 0 Å². The maximum atomic E-state index is 12.5. The highest BCUT2D eigenvalue weighted by Gasteiger charge is 2.13. The van der Waals surface area contributed by atoms with Crippen molar-refractivity contribution in [3.63, 3.8) is 0 Å². The minimum atomic E-state index is -0.543. The predicted molar refractivity (Wildman–Crippen MR) is 109 cm³/mol. The van der Waals surface area contributed by atoms with Crippen LogP contribution < -0.4 is 10.2 Å². The quantitative estimate of drug-likeness (QED) is 0.454. The number of ketones is 1. The molecule has 0 aliphatic heterocycles. The monoisotopic (exact) mass is 361 g/mol. The summed E-state index contributed by atoms with van der Waals surface area (Å²) in [6, 6.07) is 16.4. The highest BCUT2D eigenvalue weighted by molar-refractivity contribution is 6.12. The Bertz CT molecular complexity index is 889. The average Bonchev–Trinajstić information content (AvgIpc) is 2.68. The summed E-state index contributed by atoms with van der Waals surface area (Å²) < 4.78 is 0. The first kappa shape index (κ1) is 19.9. The second kappa shape index (κ2) is 9.35. The summed E-state index contributed by atoms with van der Waals surface area (Å²) in [7, 11) is 0. The smallest absolute Gasteiger partial charge is 0.266 e. The van der Waals surface area contributed by atoms with E-state index in [-0.39, 0.29) is 11.4 Å². The lowest BCUT2D eigenvalue weighted by atomic mass is 10.1. The van der Waals surface area contributed by atoms with E-state index in [2.05, 4.69) is 24.1 Å². The molecule has 0 saturated heterocycles. The third-order valence-corrected chi connectivity index (χ3v) is 4.25.